The van der Waals surface area contributed by atoms with Crippen LogP contribution in [0.15, 0.2) is 36.4 Å². The van der Waals surface area contributed by atoms with Crippen LogP contribution in [-0.2, 0) is 17.6 Å². The van der Waals surface area contributed by atoms with E-state index in [0.717, 1.165) is 11.1 Å². The molecule has 0 radical (unpaired) electrons. The van der Waals surface area contributed by atoms with Gasteiger partial charge >= 0.3 is 5.97 Å². The van der Waals surface area contributed by atoms with Crippen LogP contribution in [0.1, 0.15) is 27.9 Å². The van der Waals surface area contributed by atoms with Gasteiger partial charge in [-0.25, -0.2) is 4.79 Å². The molecule has 0 unspecified atom stereocenters. The second-order valence-corrected chi connectivity index (χ2v) is 6.10. The molecule has 7 nitrogen and oxygen atoms in total. The van der Waals surface area contributed by atoms with Gasteiger partial charge in [-0.1, -0.05) is 18.2 Å². The lowest BCUT2D eigenvalue weighted by atomic mass is 10.1. The minimum atomic E-state index is -0.953. The Balaban J connectivity index is 1.86. The first-order valence-corrected chi connectivity index (χ1v) is 8.87. The van der Waals surface area contributed by atoms with Crippen LogP contribution in [0.2, 0.25) is 0 Å². The number of benzene rings is 2. The van der Waals surface area contributed by atoms with Gasteiger partial charge in [0.2, 0.25) is 11.7 Å². The highest BCUT2D eigenvalue weighted by Gasteiger charge is 2.16. The molecular weight excluding hydrogens is 362 g/mol. The maximum Gasteiger partial charge on any atom is 0.335 e. The Kier molecular flexibility index (Phi) is 7.68. The number of carboxylic acid groups (broad SMARTS) is 1. The summed E-state index contributed by atoms with van der Waals surface area (Å²) in [7, 11) is 4.65. The SMILES string of the molecule is COc1ccc(CCC(=O)NCCc2ccc(C(=O)O)cc2)c(OC)c1OC. The Bertz CT molecular complexity index is 816. The summed E-state index contributed by atoms with van der Waals surface area (Å²) in [6.07, 6.45) is 1.44. The molecule has 0 fully saturated rings. The molecule has 2 aromatic carbocycles. The molecule has 2 rings (SSSR count). The van der Waals surface area contributed by atoms with E-state index in [2.05, 4.69) is 5.32 Å². The minimum Gasteiger partial charge on any atom is -0.493 e. The highest BCUT2D eigenvalue weighted by Crippen LogP contribution is 2.40. The molecule has 2 aromatic rings. The fourth-order valence-electron chi connectivity index (χ4n) is 2.86. The summed E-state index contributed by atoms with van der Waals surface area (Å²) in [6.45, 7) is 0.480. The zero-order valence-corrected chi connectivity index (χ0v) is 16.3. The molecule has 0 saturated heterocycles. The summed E-state index contributed by atoms with van der Waals surface area (Å²) in [5.41, 5.74) is 2.07. The molecule has 7 heteroatoms. The topological polar surface area (TPSA) is 94.1 Å². The predicted molar refractivity (Wildman–Crippen MR) is 105 cm³/mol. The van der Waals surface area contributed by atoms with Gasteiger partial charge in [-0.05, 0) is 42.2 Å². The standard InChI is InChI=1S/C21H25NO6/c1-26-17-10-8-15(19(27-2)20(17)28-3)9-11-18(23)22-13-12-14-4-6-16(7-5-14)21(24)25/h4-8,10H,9,11-13H2,1-3H3,(H,22,23)(H,24,25). The van der Waals surface area contributed by atoms with Crippen LogP contribution in [-0.4, -0.2) is 44.9 Å². The minimum absolute atomic E-state index is 0.0704. The van der Waals surface area contributed by atoms with Crippen molar-refractivity contribution < 1.29 is 28.9 Å². The van der Waals surface area contributed by atoms with Crippen molar-refractivity contribution in [3.63, 3.8) is 0 Å². The van der Waals surface area contributed by atoms with E-state index in [4.69, 9.17) is 19.3 Å². The van der Waals surface area contributed by atoms with E-state index in [1.165, 1.54) is 0 Å². The molecule has 1 amide bonds. The second kappa shape index (κ2) is 10.2. The van der Waals surface area contributed by atoms with Crippen LogP contribution in [0.3, 0.4) is 0 Å². The summed E-state index contributed by atoms with van der Waals surface area (Å²) < 4.78 is 16.0. The van der Waals surface area contributed by atoms with Gasteiger partial charge in [0.05, 0.1) is 26.9 Å². The van der Waals surface area contributed by atoms with Crippen LogP contribution in [0, 0.1) is 0 Å². The summed E-state index contributed by atoms with van der Waals surface area (Å²) in [5, 5.41) is 11.8. The fourth-order valence-corrected chi connectivity index (χ4v) is 2.86. The zero-order valence-electron chi connectivity index (χ0n) is 16.3. The van der Waals surface area contributed by atoms with Crippen molar-refractivity contribution in [2.24, 2.45) is 0 Å². The second-order valence-electron chi connectivity index (χ2n) is 6.10. The van der Waals surface area contributed by atoms with E-state index in [-0.39, 0.29) is 11.5 Å². The van der Waals surface area contributed by atoms with E-state index in [1.807, 2.05) is 6.07 Å². The molecule has 0 saturated carbocycles. The average molecular weight is 387 g/mol. The number of carbonyl (C=O) groups excluding carboxylic acids is 1. The normalized spacial score (nSPS) is 10.2. The molecule has 0 atom stereocenters. The number of carbonyl (C=O) groups is 2. The molecule has 0 bridgehead atoms. The number of carboxylic acids is 1. The maximum absolute atomic E-state index is 12.1. The summed E-state index contributed by atoms with van der Waals surface area (Å²) in [4.78, 5) is 23.0. The Labute approximate surface area is 164 Å². The average Bonchev–Trinajstić information content (AvgIpc) is 2.71. The highest BCUT2D eigenvalue weighted by molar-refractivity contribution is 5.87. The summed E-state index contributed by atoms with van der Waals surface area (Å²) >= 11 is 0. The first-order chi connectivity index (χ1) is 13.5. The van der Waals surface area contributed by atoms with Gasteiger partial charge in [0.15, 0.2) is 11.5 Å². The Morgan fingerprint density at radius 3 is 2.14 bits per heavy atom. The van der Waals surface area contributed by atoms with E-state index >= 15 is 0 Å². The van der Waals surface area contributed by atoms with Crippen LogP contribution in [0.5, 0.6) is 17.2 Å². The molecule has 0 aliphatic carbocycles. The third kappa shape index (κ3) is 5.39. The molecule has 150 valence electrons. The Morgan fingerprint density at radius 2 is 1.57 bits per heavy atom. The number of amides is 1. The first kappa shape index (κ1) is 21.1. The predicted octanol–water partition coefficient (Wildman–Crippen LogP) is 2.70. The van der Waals surface area contributed by atoms with Crippen molar-refractivity contribution in [2.75, 3.05) is 27.9 Å². The number of hydrogen-bond donors (Lipinski definition) is 2. The van der Waals surface area contributed by atoms with E-state index in [1.54, 1.807) is 51.7 Å². The zero-order chi connectivity index (χ0) is 20.5. The molecule has 0 aliphatic rings. The number of aromatic carboxylic acids is 1. The van der Waals surface area contributed by atoms with Gasteiger partial charge in [-0.2, -0.15) is 0 Å². The molecule has 0 aromatic heterocycles. The van der Waals surface area contributed by atoms with Gasteiger partial charge in [0.1, 0.15) is 0 Å². The molecule has 0 aliphatic heterocycles. The lowest BCUT2D eigenvalue weighted by Gasteiger charge is -2.15. The highest BCUT2D eigenvalue weighted by atomic mass is 16.5. The summed E-state index contributed by atoms with van der Waals surface area (Å²) in [5.74, 6) is 0.617. The van der Waals surface area contributed by atoms with E-state index in [0.29, 0.717) is 43.1 Å². The molecule has 0 heterocycles. The molecular formula is C21H25NO6. The smallest absolute Gasteiger partial charge is 0.335 e. The quantitative estimate of drug-likeness (QED) is 0.651. The van der Waals surface area contributed by atoms with Crippen molar-refractivity contribution >= 4 is 11.9 Å². The van der Waals surface area contributed by atoms with Crippen molar-refractivity contribution in [3.05, 3.63) is 53.1 Å². The van der Waals surface area contributed by atoms with Gasteiger partial charge in [0, 0.05) is 13.0 Å². The molecule has 2 N–H and O–H groups in total. The van der Waals surface area contributed by atoms with E-state index < -0.39 is 5.97 Å². The number of methoxy groups -OCH3 is 3. The van der Waals surface area contributed by atoms with Crippen molar-refractivity contribution in [2.45, 2.75) is 19.3 Å². The van der Waals surface area contributed by atoms with Crippen LogP contribution >= 0.6 is 0 Å². The lowest BCUT2D eigenvalue weighted by Crippen LogP contribution is -2.25. The lowest BCUT2D eigenvalue weighted by molar-refractivity contribution is -0.121. The van der Waals surface area contributed by atoms with Crippen LogP contribution < -0.4 is 19.5 Å². The fraction of sp³-hybridized carbons (Fsp3) is 0.333. The van der Waals surface area contributed by atoms with Crippen molar-refractivity contribution in [3.8, 4) is 17.2 Å². The van der Waals surface area contributed by atoms with Gasteiger partial charge < -0.3 is 24.6 Å². The summed E-state index contributed by atoms with van der Waals surface area (Å²) in [6, 6.07) is 10.3. The molecule has 0 spiro atoms. The maximum atomic E-state index is 12.1. The van der Waals surface area contributed by atoms with Crippen LogP contribution in [0.4, 0.5) is 0 Å². The number of hydrogen-bond acceptors (Lipinski definition) is 5. The third-order valence-electron chi connectivity index (χ3n) is 4.34. The first-order valence-electron chi connectivity index (χ1n) is 8.87. The van der Waals surface area contributed by atoms with Crippen LogP contribution in [0.25, 0.3) is 0 Å². The largest absolute Gasteiger partial charge is 0.493 e. The number of ether oxygens (including phenoxy) is 3. The number of aryl methyl sites for hydroxylation is 1. The molecule has 28 heavy (non-hydrogen) atoms. The van der Waals surface area contributed by atoms with Gasteiger partial charge in [0.25, 0.3) is 0 Å². The van der Waals surface area contributed by atoms with Gasteiger partial charge in [-0.15, -0.1) is 0 Å². The number of rotatable bonds is 10. The Morgan fingerprint density at radius 1 is 0.893 bits per heavy atom. The number of nitrogens with one attached hydrogen (secondary N) is 1. The van der Waals surface area contributed by atoms with E-state index in [9.17, 15) is 9.59 Å². The van der Waals surface area contributed by atoms with Crippen molar-refractivity contribution in [1.29, 1.82) is 0 Å². The Hall–Kier alpha value is -3.22. The monoisotopic (exact) mass is 387 g/mol. The van der Waals surface area contributed by atoms with Crippen molar-refractivity contribution in [1.82, 2.24) is 5.32 Å². The third-order valence-corrected chi connectivity index (χ3v) is 4.34. The van der Waals surface area contributed by atoms with Gasteiger partial charge in [-0.3, -0.25) is 4.79 Å².